The van der Waals surface area contributed by atoms with Crippen LogP contribution in [-0.4, -0.2) is 41.9 Å². The van der Waals surface area contributed by atoms with Gasteiger partial charge in [0.25, 0.3) is 5.91 Å². The molecule has 1 aromatic heterocycles. The largest absolute Gasteiger partial charge is 0.433 e. The van der Waals surface area contributed by atoms with Crippen molar-refractivity contribution in [2.75, 3.05) is 26.2 Å². The monoisotopic (exact) mass is 261 g/mol. The van der Waals surface area contributed by atoms with E-state index in [1.54, 1.807) is 4.90 Å². The minimum absolute atomic E-state index is 0. The van der Waals surface area contributed by atoms with Gasteiger partial charge in [0.15, 0.2) is 5.76 Å². The molecule has 1 N–H and O–H groups in total. The average Bonchev–Trinajstić information content (AvgIpc) is 2.78. The highest BCUT2D eigenvalue weighted by atomic mass is 35.5. The molecule has 0 aromatic carbocycles. The number of furan rings is 1. The van der Waals surface area contributed by atoms with Gasteiger partial charge in [0.2, 0.25) is 0 Å². The molecule has 0 atom stereocenters. The topological polar surface area (TPSA) is 88.6 Å². The molecular weight excluding hydrogens is 250 g/mol. The summed E-state index contributed by atoms with van der Waals surface area (Å²) in [5, 5.41) is 13.5. The Labute approximate surface area is 103 Å². The molecule has 94 valence electrons. The lowest BCUT2D eigenvalue weighted by Gasteiger charge is -2.26. The van der Waals surface area contributed by atoms with Gasteiger partial charge in [0.05, 0.1) is 6.07 Å². The molecule has 0 unspecified atom stereocenters. The van der Waals surface area contributed by atoms with Crippen LogP contribution in [0.1, 0.15) is 10.6 Å². The first kappa shape index (κ1) is 13.5. The van der Waals surface area contributed by atoms with Gasteiger partial charge in [-0.1, -0.05) is 0 Å². The summed E-state index contributed by atoms with van der Waals surface area (Å²) in [5.74, 6) is -0.679. The maximum Gasteiger partial charge on any atom is 0.433 e. The van der Waals surface area contributed by atoms with Crippen molar-refractivity contribution in [3.8, 4) is 0 Å². The molecule has 0 aliphatic carbocycles. The van der Waals surface area contributed by atoms with Crippen molar-refractivity contribution in [2.45, 2.75) is 0 Å². The average molecular weight is 262 g/mol. The van der Waals surface area contributed by atoms with E-state index in [2.05, 4.69) is 5.32 Å². The normalized spacial score (nSPS) is 15.2. The molecule has 2 heterocycles. The van der Waals surface area contributed by atoms with Crippen molar-refractivity contribution in [2.24, 2.45) is 0 Å². The van der Waals surface area contributed by atoms with E-state index in [1.165, 1.54) is 12.1 Å². The van der Waals surface area contributed by atoms with Crippen LogP contribution in [0.3, 0.4) is 0 Å². The van der Waals surface area contributed by atoms with Crippen molar-refractivity contribution in [3.05, 3.63) is 28.0 Å². The lowest BCUT2D eigenvalue weighted by Crippen LogP contribution is -2.46. The fraction of sp³-hybridized carbons (Fsp3) is 0.444. The standard InChI is InChI=1S/C9H11N3O4.ClH/c13-9(11-5-3-10-4-6-11)7-1-2-8(16-7)12(14)15;/h1-2,10H,3-6H2;1H. The third kappa shape index (κ3) is 2.95. The summed E-state index contributed by atoms with van der Waals surface area (Å²) in [6.45, 7) is 2.64. The highest BCUT2D eigenvalue weighted by Crippen LogP contribution is 2.17. The van der Waals surface area contributed by atoms with Crippen LogP contribution in [0, 0.1) is 10.1 Å². The minimum atomic E-state index is -0.658. The summed E-state index contributed by atoms with van der Waals surface area (Å²) < 4.78 is 4.85. The molecule has 1 aliphatic rings. The molecule has 1 aromatic rings. The van der Waals surface area contributed by atoms with Gasteiger partial charge < -0.3 is 14.6 Å². The number of hydrogen-bond donors (Lipinski definition) is 1. The van der Waals surface area contributed by atoms with Gasteiger partial charge in [-0.15, -0.1) is 12.4 Å². The fourth-order valence-corrected chi connectivity index (χ4v) is 1.56. The molecule has 0 radical (unpaired) electrons. The first-order valence-electron chi connectivity index (χ1n) is 4.92. The predicted molar refractivity (Wildman–Crippen MR) is 61.4 cm³/mol. The Bertz CT molecular complexity index is 414. The number of halogens is 1. The minimum Gasteiger partial charge on any atom is -0.395 e. The second-order valence-corrected chi connectivity index (χ2v) is 3.44. The summed E-state index contributed by atoms with van der Waals surface area (Å²) in [4.78, 5) is 23.2. The Hall–Kier alpha value is -1.60. The van der Waals surface area contributed by atoms with Gasteiger partial charge >= 0.3 is 5.88 Å². The van der Waals surface area contributed by atoms with Crippen LogP contribution >= 0.6 is 12.4 Å². The number of carbonyl (C=O) groups is 1. The molecular formula is C9H12ClN3O4. The SMILES string of the molecule is Cl.O=C(c1ccc([N+](=O)[O-])o1)N1CCNCC1. The number of rotatable bonds is 2. The van der Waals surface area contributed by atoms with E-state index in [4.69, 9.17) is 4.42 Å². The third-order valence-electron chi connectivity index (χ3n) is 2.39. The highest BCUT2D eigenvalue weighted by Gasteiger charge is 2.23. The van der Waals surface area contributed by atoms with Crippen LogP contribution in [0.25, 0.3) is 0 Å². The second kappa shape index (κ2) is 5.65. The zero-order valence-electron chi connectivity index (χ0n) is 8.92. The van der Waals surface area contributed by atoms with Crippen molar-refractivity contribution in [3.63, 3.8) is 0 Å². The van der Waals surface area contributed by atoms with Gasteiger partial charge in [-0.3, -0.25) is 14.9 Å². The predicted octanol–water partition coefficient (Wildman–Crippen LogP) is 0.655. The molecule has 17 heavy (non-hydrogen) atoms. The molecule has 2 rings (SSSR count). The van der Waals surface area contributed by atoms with Gasteiger partial charge in [-0.25, -0.2) is 0 Å². The number of carbonyl (C=O) groups excluding carboxylic acids is 1. The summed E-state index contributed by atoms with van der Waals surface area (Å²) >= 11 is 0. The maximum absolute atomic E-state index is 11.8. The van der Waals surface area contributed by atoms with Crippen LogP contribution in [0.2, 0.25) is 0 Å². The number of nitrogens with zero attached hydrogens (tertiary/aromatic N) is 2. The number of nitrogens with one attached hydrogen (secondary N) is 1. The van der Waals surface area contributed by atoms with E-state index in [1.807, 2.05) is 0 Å². The van der Waals surface area contributed by atoms with Crippen LogP contribution in [0.4, 0.5) is 5.88 Å². The first-order valence-corrected chi connectivity index (χ1v) is 4.92. The Morgan fingerprint density at radius 3 is 2.59 bits per heavy atom. The van der Waals surface area contributed by atoms with E-state index >= 15 is 0 Å². The Kier molecular flexibility index (Phi) is 4.47. The fourth-order valence-electron chi connectivity index (χ4n) is 1.56. The lowest BCUT2D eigenvalue weighted by atomic mass is 10.3. The van der Waals surface area contributed by atoms with Crippen molar-refractivity contribution in [1.82, 2.24) is 10.2 Å². The zero-order chi connectivity index (χ0) is 11.5. The van der Waals surface area contributed by atoms with Crippen molar-refractivity contribution in [1.29, 1.82) is 0 Å². The Balaban J connectivity index is 0.00000144. The second-order valence-electron chi connectivity index (χ2n) is 3.44. The van der Waals surface area contributed by atoms with E-state index in [0.717, 1.165) is 13.1 Å². The smallest absolute Gasteiger partial charge is 0.395 e. The third-order valence-corrected chi connectivity index (χ3v) is 2.39. The van der Waals surface area contributed by atoms with Crippen LogP contribution < -0.4 is 5.32 Å². The summed E-state index contributed by atoms with van der Waals surface area (Å²) in [5.41, 5.74) is 0. The number of amides is 1. The molecule has 0 saturated carbocycles. The zero-order valence-corrected chi connectivity index (χ0v) is 9.74. The highest BCUT2D eigenvalue weighted by molar-refractivity contribution is 5.91. The summed E-state index contributed by atoms with van der Waals surface area (Å²) in [6, 6.07) is 2.53. The van der Waals surface area contributed by atoms with Gasteiger partial charge in [0.1, 0.15) is 4.92 Å². The molecule has 1 aliphatic heterocycles. The van der Waals surface area contributed by atoms with Gasteiger partial charge in [0, 0.05) is 26.2 Å². The molecule has 8 heteroatoms. The lowest BCUT2D eigenvalue weighted by molar-refractivity contribution is -0.402. The molecule has 7 nitrogen and oxygen atoms in total. The van der Waals surface area contributed by atoms with E-state index < -0.39 is 10.8 Å². The van der Waals surface area contributed by atoms with Crippen molar-refractivity contribution >= 4 is 24.2 Å². The molecule has 1 amide bonds. The van der Waals surface area contributed by atoms with Crippen molar-refractivity contribution < 1.29 is 14.1 Å². The molecule has 0 bridgehead atoms. The van der Waals surface area contributed by atoms with E-state index in [0.29, 0.717) is 13.1 Å². The molecule has 1 saturated heterocycles. The van der Waals surface area contributed by atoms with Gasteiger partial charge in [-0.05, 0) is 6.07 Å². The van der Waals surface area contributed by atoms with Crippen LogP contribution in [0.5, 0.6) is 0 Å². The molecule has 0 spiro atoms. The number of piperazine rings is 1. The van der Waals surface area contributed by atoms with E-state index in [9.17, 15) is 14.9 Å². The maximum atomic E-state index is 11.8. The Morgan fingerprint density at radius 1 is 1.41 bits per heavy atom. The number of nitro groups is 1. The summed E-state index contributed by atoms with van der Waals surface area (Å²) in [6.07, 6.45) is 0. The van der Waals surface area contributed by atoms with E-state index in [-0.39, 0.29) is 24.1 Å². The molecule has 1 fully saturated rings. The van der Waals surface area contributed by atoms with Crippen LogP contribution in [0.15, 0.2) is 16.5 Å². The van der Waals surface area contributed by atoms with Gasteiger partial charge in [-0.2, -0.15) is 0 Å². The first-order chi connectivity index (χ1) is 7.68. The Morgan fingerprint density at radius 2 is 2.06 bits per heavy atom. The number of hydrogen-bond acceptors (Lipinski definition) is 5. The van der Waals surface area contributed by atoms with Crippen LogP contribution in [-0.2, 0) is 0 Å². The quantitative estimate of drug-likeness (QED) is 0.624. The summed E-state index contributed by atoms with van der Waals surface area (Å²) in [7, 11) is 0.